The van der Waals surface area contributed by atoms with Gasteiger partial charge in [0.15, 0.2) is 0 Å². The molecule has 7 heteroatoms. The summed E-state index contributed by atoms with van der Waals surface area (Å²) in [7, 11) is 0. The molecule has 1 fully saturated rings. The van der Waals surface area contributed by atoms with Crippen molar-refractivity contribution in [2.45, 2.75) is 6.42 Å². The summed E-state index contributed by atoms with van der Waals surface area (Å²) in [5.74, 6) is -0.366. The van der Waals surface area contributed by atoms with Gasteiger partial charge >= 0.3 is 0 Å². The van der Waals surface area contributed by atoms with Gasteiger partial charge in [0.25, 0.3) is 0 Å². The smallest absolute Gasteiger partial charge is 0.230 e. The molecule has 2 aromatic heterocycles. The second kappa shape index (κ2) is 9.34. The summed E-state index contributed by atoms with van der Waals surface area (Å²) < 4.78 is 18.5. The van der Waals surface area contributed by atoms with Crippen molar-refractivity contribution in [2.24, 2.45) is 0 Å². The molecule has 0 spiro atoms. The highest BCUT2D eigenvalue weighted by molar-refractivity contribution is 5.95. The van der Waals surface area contributed by atoms with Gasteiger partial charge in [0.2, 0.25) is 5.91 Å². The normalized spacial score (nSPS) is 13.8. The third kappa shape index (κ3) is 4.83. The van der Waals surface area contributed by atoms with E-state index in [1.165, 1.54) is 12.1 Å². The monoisotopic (exact) mass is 442 g/mol. The van der Waals surface area contributed by atoms with E-state index in [1.807, 2.05) is 42.5 Å². The molecule has 0 saturated carbocycles. The largest absolute Gasteiger partial charge is 0.378 e. The Balaban J connectivity index is 1.41. The second-order valence-corrected chi connectivity index (χ2v) is 7.92. The molecule has 1 N–H and O–H groups in total. The van der Waals surface area contributed by atoms with Crippen molar-refractivity contribution in [2.75, 3.05) is 36.5 Å². The zero-order valence-electron chi connectivity index (χ0n) is 18.0. The topological polar surface area (TPSA) is 67.4 Å². The van der Waals surface area contributed by atoms with E-state index < -0.39 is 5.82 Å². The summed E-state index contributed by atoms with van der Waals surface area (Å²) in [6, 6.07) is 20.9. The van der Waals surface area contributed by atoms with E-state index >= 15 is 0 Å². The summed E-state index contributed by atoms with van der Waals surface area (Å²) in [5, 5.41) is 3.68. The minimum absolute atomic E-state index is 0.140. The van der Waals surface area contributed by atoms with Gasteiger partial charge in [0.05, 0.1) is 37.0 Å². The van der Waals surface area contributed by atoms with Crippen LogP contribution in [0.2, 0.25) is 0 Å². The lowest BCUT2D eigenvalue weighted by Crippen LogP contribution is -2.36. The number of aromatic nitrogens is 2. The number of nitrogens with zero attached hydrogens (tertiary/aromatic N) is 3. The van der Waals surface area contributed by atoms with Crippen LogP contribution in [0.25, 0.3) is 22.2 Å². The Labute approximate surface area is 191 Å². The first kappa shape index (κ1) is 21.0. The third-order valence-corrected chi connectivity index (χ3v) is 5.67. The maximum absolute atomic E-state index is 13.1. The van der Waals surface area contributed by atoms with E-state index in [4.69, 9.17) is 9.72 Å². The molecule has 3 heterocycles. The minimum atomic E-state index is -0.448. The van der Waals surface area contributed by atoms with E-state index in [-0.39, 0.29) is 12.3 Å². The highest BCUT2D eigenvalue weighted by Gasteiger charge is 2.14. The van der Waals surface area contributed by atoms with Gasteiger partial charge < -0.3 is 15.0 Å². The molecule has 0 aliphatic carbocycles. The van der Waals surface area contributed by atoms with Crippen LogP contribution in [0.5, 0.6) is 0 Å². The van der Waals surface area contributed by atoms with E-state index in [2.05, 4.69) is 27.3 Å². The van der Waals surface area contributed by atoms with Crippen molar-refractivity contribution in [1.29, 1.82) is 0 Å². The Morgan fingerprint density at radius 1 is 1.03 bits per heavy atom. The molecule has 0 unspecified atom stereocenters. The molecule has 1 aliphatic heterocycles. The number of rotatable bonds is 5. The number of carbonyl (C=O) groups is 1. The van der Waals surface area contributed by atoms with Gasteiger partial charge in [-0.2, -0.15) is 0 Å². The lowest BCUT2D eigenvalue weighted by Gasteiger charge is -2.29. The van der Waals surface area contributed by atoms with Gasteiger partial charge in [-0.05, 0) is 35.9 Å². The summed E-state index contributed by atoms with van der Waals surface area (Å²) in [4.78, 5) is 23.7. The Bertz CT molecular complexity index is 1290. The molecule has 0 radical (unpaired) electrons. The molecule has 6 nitrogen and oxygen atoms in total. The Morgan fingerprint density at radius 2 is 1.88 bits per heavy atom. The van der Waals surface area contributed by atoms with Crippen molar-refractivity contribution >= 4 is 28.3 Å². The average molecular weight is 442 g/mol. The molecule has 1 amide bonds. The van der Waals surface area contributed by atoms with Crippen LogP contribution in [-0.2, 0) is 16.0 Å². The van der Waals surface area contributed by atoms with Crippen LogP contribution in [0, 0.1) is 5.82 Å². The fraction of sp³-hybridized carbons (Fsp3) is 0.192. The quantitative estimate of drug-likeness (QED) is 0.495. The number of para-hydroxylation sites is 1. The number of benzene rings is 2. The van der Waals surface area contributed by atoms with Crippen LogP contribution < -0.4 is 10.2 Å². The van der Waals surface area contributed by atoms with Gasteiger partial charge in [0.1, 0.15) is 11.6 Å². The fourth-order valence-electron chi connectivity index (χ4n) is 4.01. The van der Waals surface area contributed by atoms with Crippen molar-refractivity contribution in [3.8, 4) is 11.3 Å². The maximum Gasteiger partial charge on any atom is 0.230 e. The van der Waals surface area contributed by atoms with Gasteiger partial charge in [0, 0.05) is 29.7 Å². The number of carbonyl (C=O) groups excluding carboxylic acids is 1. The SMILES string of the molecule is O=C(Cc1cccc2ccc(-c3cccc(N4CCOCC4)c3)nc12)Nc1ccc(F)cn1. The Hall–Kier alpha value is -3.84. The molecule has 4 aromatic rings. The predicted molar refractivity (Wildman–Crippen MR) is 127 cm³/mol. The van der Waals surface area contributed by atoms with Crippen LogP contribution in [-0.4, -0.2) is 42.2 Å². The van der Waals surface area contributed by atoms with E-state index in [0.717, 1.165) is 65.9 Å². The van der Waals surface area contributed by atoms with Gasteiger partial charge in [-0.15, -0.1) is 0 Å². The number of nitrogens with one attached hydrogen (secondary N) is 1. The number of anilines is 2. The zero-order chi connectivity index (χ0) is 22.6. The summed E-state index contributed by atoms with van der Waals surface area (Å²) in [6.07, 6.45) is 1.22. The van der Waals surface area contributed by atoms with Crippen LogP contribution in [0.4, 0.5) is 15.9 Å². The molecule has 1 aliphatic rings. The van der Waals surface area contributed by atoms with Gasteiger partial charge in [-0.25, -0.2) is 14.4 Å². The number of hydrogen-bond donors (Lipinski definition) is 1. The van der Waals surface area contributed by atoms with Crippen molar-refractivity contribution in [3.05, 3.63) is 84.3 Å². The first-order valence-electron chi connectivity index (χ1n) is 10.9. The van der Waals surface area contributed by atoms with E-state index in [1.54, 1.807) is 0 Å². The van der Waals surface area contributed by atoms with Crippen molar-refractivity contribution < 1.29 is 13.9 Å². The molecule has 2 aromatic carbocycles. The number of ether oxygens (including phenoxy) is 1. The summed E-state index contributed by atoms with van der Waals surface area (Å²) in [6.45, 7) is 3.21. The standard InChI is InChI=1S/C26H23FN4O2/c27-21-8-10-24(28-17-21)30-25(32)16-20-5-1-3-18-7-9-23(29-26(18)20)19-4-2-6-22(15-19)31-11-13-33-14-12-31/h1-10,15,17H,11-14,16H2,(H,28,30,32). The lowest BCUT2D eigenvalue weighted by molar-refractivity contribution is -0.115. The van der Waals surface area contributed by atoms with E-state index in [9.17, 15) is 9.18 Å². The number of pyridine rings is 2. The molecule has 1 saturated heterocycles. The van der Waals surface area contributed by atoms with E-state index in [0.29, 0.717) is 5.82 Å². The highest BCUT2D eigenvalue weighted by Crippen LogP contribution is 2.27. The van der Waals surface area contributed by atoms with Crippen LogP contribution >= 0.6 is 0 Å². The molecule has 166 valence electrons. The molecular weight excluding hydrogens is 419 g/mol. The zero-order valence-corrected chi connectivity index (χ0v) is 18.0. The van der Waals surface area contributed by atoms with Crippen LogP contribution in [0.15, 0.2) is 72.9 Å². The first-order chi connectivity index (χ1) is 16.2. The molecule has 5 rings (SSSR count). The number of fused-ring (bicyclic) bond motifs is 1. The second-order valence-electron chi connectivity index (χ2n) is 7.92. The van der Waals surface area contributed by atoms with Crippen molar-refractivity contribution in [1.82, 2.24) is 9.97 Å². The molecule has 0 bridgehead atoms. The maximum atomic E-state index is 13.1. The lowest BCUT2D eigenvalue weighted by atomic mass is 10.0. The van der Waals surface area contributed by atoms with Crippen LogP contribution in [0.1, 0.15) is 5.56 Å². The predicted octanol–water partition coefficient (Wildman–Crippen LogP) is 4.45. The third-order valence-electron chi connectivity index (χ3n) is 5.67. The highest BCUT2D eigenvalue weighted by atomic mass is 19.1. The minimum Gasteiger partial charge on any atom is -0.378 e. The Kier molecular flexibility index (Phi) is 5.95. The van der Waals surface area contributed by atoms with Crippen molar-refractivity contribution in [3.63, 3.8) is 0 Å². The number of morpholine rings is 1. The van der Waals surface area contributed by atoms with Gasteiger partial charge in [-0.3, -0.25) is 4.79 Å². The average Bonchev–Trinajstić information content (AvgIpc) is 2.86. The fourth-order valence-corrected chi connectivity index (χ4v) is 4.01. The molecule has 0 atom stereocenters. The summed E-state index contributed by atoms with van der Waals surface area (Å²) in [5.41, 5.74) is 4.63. The first-order valence-corrected chi connectivity index (χ1v) is 10.9. The van der Waals surface area contributed by atoms with Crippen LogP contribution in [0.3, 0.4) is 0 Å². The molecular formula is C26H23FN4O2. The Morgan fingerprint density at radius 3 is 2.70 bits per heavy atom. The summed E-state index contributed by atoms with van der Waals surface area (Å²) >= 11 is 0. The van der Waals surface area contributed by atoms with Gasteiger partial charge in [-0.1, -0.05) is 36.4 Å². The number of halogens is 1. The molecule has 33 heavy (non-hydrogen) atoms. The number of amides is 1. The number of hydrogen-bond acceptors (Lipinski definition) is 5.